The van der Waals surface area contributed by atoms with E-state index in [4.69, 9.17) is 6.40 Å². The molecule has 1 atom stereocenters. The van der Waals surface area contributed by atoms with E-state index in [1.165, 1.54) is 0 Å². The molecule has 2 nitrogen and oxygen atoms in total. The van der Waals surface area contributed by atoms with Gasteiger partial charge in [0.05, 0.1) is 0 Å². The summed E-state index contributed by atoms with van der Waals surface area (Å²) in [6, 6.07) is 0. The average Bonchev–Trinajstić information content (AvgIpc) is 0.722. The van der Waals surface area contributed by atoms with Crippen molar-refractivity contribution in [3.8, 4) is 0 Å². The van der Waals surface area contributed by atoms with Crippen molar-refractivity contribution in [2.45, 2.75) is 0 Å². The van der Waals surface area contributed by atoms with E-state index in [0.29, 0.717) is 0 Å². The van der Waals surface area contributed by atoms with Crippen LogP contribution >= 0.6 is 8.83 Å². The van der Waals surface area contributed by atoms with Crippen LogP contribution in [-0.4, -0.2) is 22.0 Å². The third-order valence-corrected chi connectivity index (χ3v) is 0. The Kier molecular flexibility index (Phi) is 1.74. The van der Waals surface area contributed by atoms with Gasteiger partial charge in [0.1, 0.15) is 0 Å². The van der Waals surface area contributed by atoms with Crippen molar-refractivity contribution in [1.29, 1.82) is 0 Å². The van der Waals surface area contributed by atoms with Crippen molar-refractivity contribution in [3.63, 3.8) is 0 Å². The Morgan fingerprint density at radius 3 is 2.00 bits per heavy atom. The van der Waals surface area contributed by atoms with Crippen molar-refractivity contribution in [2.75, 3.05) is 0 Å². The summed E-state index contributed by atoms with van der Waals surface area (Å²) >= 11 is -5.38. The van der Waals surface area contributed by atoms with Crippen molar-refractivity contribution in [2.24, 2.45) is 0 Å². The molecule has 0 bridgehead atoms. The Bertz CT molecular complexity index is 55.8. The summed E-state index contributed by atoms with van der Waals surface area (Å²) in [6.45, 7) is 0. The Labute approximate surface area is 37.0 Å². The molecule has 0 spiro atoms. The van der Waals surface area contributed by atoms with Crippen LogP contribution < -0.4 is 0 Å². The molecular formula is HClFO2Sb. The first-order valence-corrected chi connectivity index (χ1v) is 7.10. The first-order valence-electron chi connectivity index (χ1n) is 0.721. The van der Waals surface area contributed by atoms with Crippen LogP contribution in [-0.2, 0) is 3.02 Å². The fourth-order valence-electron chi connectivity index (χ4n) is 0. The minimum atomic E-state index is -5.38. The van der Waals surface area contributed by atoms with E-state index in [2.05, 4.69) is 8.83 Å². The van der Waals surface area contributed by atoms with Gasteiger partial charge < -0.3 is 0 Å². The molecule has 0 radical (unpaired) electrons. The molecule has 0 rings (SSSR count). The van der Waals surface area contributed by atoms with E-state index in [0.717, 1.165) is 0 Å². The molecule has 5 heteroatoms. The van der Waals surface area contributed by atoms with Crippen LogP contribution in [0.15, 0.2) is 0 Å². The van der Waals surface area contributed by atoms with Crippen LogP contribution in [0.3, 0.4) is 0 Å². The molecule has 0 aromatic heterocycles. The van der Waals surface area contributed by atoms with Gasteiger partial charge in [0.25, 0.3) is 0 Å². The molecule has 5 heavy (non-hydrogen) atoms. The standard InChI is InChI=1S/ClH.FH.H2O.O.Sb/h2*1H;1H2;;/q;;;;+3/p-3. The molecule has 0 fully saturated rings. The van der Waals surface area contributed by atoms with Crippen molar-refractivity contribution >= 4 is 27.5 Å². The Morgan fingerprint density at radius 1 is 2.00 bits per heavy atom. The van der Waals surface area contributed by atoms with Gasteiger partial charge in [-0.1, -0.05) is 0 Å². The molecule has 0 aromatic rings. The summed E-state index contributed by atoms with van der Waals surface area (Å²) in [5, 5.41) is 0. The summed E-state index contributed by atoms with van der Waals surface area (Å²) in [7, 11) is 4.06. The zero-order valence-electron chi connectivity index (χ0n) is 2.06. The van der Waals surface area contributed by atoms with Gasteiger partial charge in [-0.25, -0.2) is 0 Å². The molecule has 0 saturated carbocycles. The fourth-order valence-corrected chi connectivity index (χ4v) is 0. The van der Waals surface area contributed by atoms with Crippen LogP contribution in [0.4, 0.5) is 2.81 Å². The van der Waals surface area contributed by atoms with Crippen molar-refractivity contribution in [3.05, 3.63) is 0 Å². The summed E-state index contributed by atoms with van der Waals surface area (Å²) in [5.74, 6) is 0. The third kappa shape index (κ3) is 59.0. The van der Waals surface area contributed by atoms with Gasteiger partial charge in [-0.05, 0) is 0 Å². The van der Waals surface area contributed by atoms with Gasteiger partial charge >= 0.3 is 36.7 Å². The van der Waals surface area contributed by atoms with Gasteiger partial charge in [-0.15, -0.1) is 0 Å². The van der Waals surface area contributed by atoms with Crippen LogP contribution in [0.1, 0.15) is 0 Å². The second kappa shape index (κ2) is 1.50. The van der Waals surface area contributed by atoms with Gasteiger partial charge in [0, 0.05) is 0 Å². The molecule has 32 valence electrons. The number of halogens is 2. The first kappa shape index (κ1) is 5.80. The van der Waals surface area contributed by atoms with Crippen molar-refractivity contribution in [1.82, 2.24) is 0 Å². The molecule has 0 amide bonds. The number of hydrogen-bond acceptors (Lipinski definition) is 1. The van der Waals surface area contributed by atoms with E-state index in [-0.39, 0.29) is 0 Å². The minimum absolute atomic E-state index is 4.06. The predicted octanol–water partition coefficient (Wildman–Crippen LogP) is 0.0531. The molecule has 0 aromatic carbocycles. The van der Waals surface area contributed by atoms with Gasteiger partial charge in [0.2, 0.25) is 0 Å². The van der Waals surface area contributed by atoms with Crippen LogP contribution in [0.2, 0.25) is 0 Å². The fraction of sp³-hybridized carbons (Fsp3) is 0. The second-order valence-electron chi connectivity index (χ2n) is 0.435. The Hall–Kier alpha value is 0.798. The predicted molar refractivity (Wildman–Crippen MR) is 15.6 cm³/mol. The molecule has 1 unspecified atom stereocenters. The second-order valence-corrected chi connectivity index (χ2v) is 5.71. The van der Waals surface area contributed by atoms with Crippen LogP contribution in [0.25, 0.3) is 0 Å². The van der Waals surface area contributed by atoms with Crippen LogP contribution in [0.5, 0.6) is 0 Å². The molecule has 1 N–H and O–H groups in total. The summed E-state index contributed by atoms with van der Waals surface area (Å²) in [4.78, 5) is 0. The van der Waals surface area contributed by atoms with E-state index in [9.17, 15) is 2.81 Å². The van der Waals surface area contributed by atoms with Gasteiger partial charge in [0.15, 0.2) is 0 Å². The van der Waals surface area contributed by atoms with E-state index < -0.39 is 18.7 Å². The molecule has 0 aliphatic rings. The van der Waals surface area contributed by atoms with Gasteiger partial charge in [-0.3, -0.25) is 0 Å². The molecule has 0 saturated heterocycles. The normalized spacial score (nSPS) is 21.4. The molecule has 0 aliphatic heterocycles. The summed E-state index contributed by atoms with van der Waals surface area (Å²) in [5.41, 5.74) is 0. The van der Waals surface area contributed by atoms with Crippen molar-refractivity contribution < 1.29 is 9.22 Å². The zero-order valence-corrected chi connectivity index (χ0v) is 5.37. The monoisotopic (exact) mass is 208 g/mol. The van der Waals surface area contributed by atoms with Gasteiger partial charge in [-0.2, -0.15) is 0 Å². The van der Waals surface area contributed by atoms with Crippen LogP contribution in [0, 0.1) is 0 Å². The quantitative estimate of drug-likeness (QED) is 0.572. The maximum atomic E-state index is 10.7. The first-order chi connectivity index (χ1) is 2.00. The number of rotatable bonds is 0. The molecule has 0 aliphatic carbocycles. The summed E-state index contributed by atoms with van der Waals surface area (Å²) in [6.07, 6.45) is 0. The number of hydrogen-bond donors (Lipinski definition) is 1. The Balaban J connectivity index is 3.47. The SMILES string of the molecule is [O]=[Sb]([OH])([F])[Cl]. The third-order valence-electron chi connectivity index (χ3n) is 0. The van der Waals surface area contributed by atoms with E-state index >= 15 is 0 Å². The topological polar surface area (TPSA) is 37.3 Å². The van der Waals surface area contributed by atoms with E-state index in [1.54, 1.807) is 0 Å². The zero-order chi connectivity index (χ0) is 4.50. The van der Waals surface area contributed by atoms with E-state index in [1.807, 2.05) is 0 Å². The summed E-state index contributed by atoms with van der Waals surface area (Å²) < 4.78 is 26.9. The average molecular weight is 209 g/mol. The molecular weight excluding hydrogens is 208 g/mol. The maximum absolute atomic E-state index is 10.7. The Morgan fingerprint density at radius 2 is 2.00 bits per heavy atom. The molecule has 0 heterocycles.